The minimum atomic E-state index is 0.517. The highest BCUT2D eigenvalue weighted by Crippen LogP contribution is 2.30. The van der Waals surface area contributed by atoms with E-state index < -0.39 is 0 Å². The highest BCUT2D eigenvalue weighted by molar-refractivity contribution is 9.10. The van der Waals surface area contributed by atoms with Crippen molar-refractivity contribution in [3.8, 4) is 5.75 Å². The maximum atomic E-state index is 5.80. The molecule has 0 bridgehead atoms. The van der Waals surface area contributed by atoms with Crippen molar-refractivity contribution >= 4 is 27.3 Å². The molecule has 0 fully saturated rings. The minimum Gasteiger partial charge on any atom is -0.497 e. The third-order valence-electron chi connectivity index (χ3n) is 3.09. The standard InChI is InChI=1S/C15H17BrN2O/c1-18(13-5-7-14(19-2)8-6-13)15-9-12(16)4-3-11(15)10-17/h3-9H,10,17H2,1-2H3. The molecular weight excluding hydrogens is 304 g/mol. The maximum absolute atomic E-state index is 5.80. The van der Waals surface area contributed by atoms with Gasteiger partial charge < -0.3 is 15.4 Å². The average molecular weight is 321 g/mol. The van der Waals surface area contributed by atoms with Crippen molar-refractivity contribution in [1.82, 2.24) is 0 Å². The molecule has 0 spiro atoms. The molecule has 19 heavy (non-hydrogen) atoms. The lowest BCUT2D eigenvalue weighted by Crippen LogP contribution is -2.13. The van der Waals surface area contributed by atoms with Crippen LogP contribution in [0.2, 0.25) is 0 Å². The fourth-order valence-corrected chi connectivity index (χ4v) is 2.32. The van der Waals surface area contributed by atoms with Gasteiger partial charge in [-0.25, -0.2) is 0 Å². The van der Waals surface area contributed by atoms with Crippen LogP contribution in [0.25, 0.3) is 0 Å². The van der Waals surface area contributed by atoms with Gasteiger partial charge in [-0.2, -0.15) is 0 Å². The summed E-state index contributed by atoms with van der Waals surface area (Å²) in [6.07, 6.45) is 0. The Balaban J connectivity index is 2.36. The van der Waals surface area contributed by atoms with Gasteiger partial charge in [0.2, 0.25) is 0 Å². The number of halogens is 1. The van der Waals surface area contributed by atoms with E-state index in [1.807, 2.05) is 43.4 Å². The zero-order valence-electron chi connectivity index (χ0n) is 11.1. The molecule has 100 valence electrons. The van der Waals surface area contributed by atoms with Gasteiger partial charge in [-0.1, -0.05) is 22.0 Å². The lowest BCUT2D eigenvalue weighted by molar-refractivity contribution is 0.415. The van der Waals surface area contributed by atoms with E-state index in [0.717, 1.165) is 27.2 Å². The fraction of sp³-hybridized carbons (Fsp3) is 0.200. The van der Waals surface area contributed by atoms with E-state index in [-0.39, 0.29) is 0 Å². The second kappa shape index (κ2) is 6.08. The Morgan fingerprint density at radius 1 is 1.16 bits per heavy atom. The first-order valence-electron chi connectivity index (χ1n) is 6.02. The van der Waals surface area contributed by atoms with Gasteiger partial charge in [-0.3, -0.25) is 0 Å². The van der Waals surface area contributed by atoms with Gasteiger partial charge in [-0.05, 0) is 42.0 Å². The summed E-state index contributed by atoms with van der Waals surface area (Å²) in [6.45, 7) is 0.517. The van der Waals surface area contributed by atoms with E-state index in [1.54, 1.807) is 7.11 Å². The summed E-state index contributed by atoms with van der Waals surface area (Å²) in [5.41, 5.74) is 9.10. The van der Waals surface area contributed by atoms with E-state index in [2.05, 4.69) is 26.9 Å². The average Bonchev–Trinajstić information content (AvgIpc) is 2.46. The molecule has 0 saturated carbocycles. The van der Waals surface area contributed by atoms with E-state index in [9.17, 15) is 0 Å². The first-order valence-corrected chi connectivity index (χ1v) is 6.81. The molecule has 2 rings (SSSR count). The van der Waals surface area contributed by atoms with Crippen molar-refractivity contribution < 1.29 is 4.74 Å². The number of rotatable bonds is 4. The molecule has 2 aromatic rings. The van der Waals surface area contributed by atoms with Crippen LogP contribution in [0, 0.1) is 0 Å². The quantitative estimate of drug-likeness (QED) is 0.933. The van der Waals surface area contributed by atoms with Crippen LogP contribution < -0.4 is 15.4 Å². The normalized spacial score (nSPS) is 10.3. The Kier molecular flexibility index (Phi) is 4.45. The van der Waals surface area contributed by atoms with E-state index in [0.29, 0.717) is 6.54 Å². The Morgan fingerprint density at radius 2 is 1.84 bits per heavy atom. The second-order valence-electron chi connectivity index (χ2n) is 4.23. The molecule has 0 aromatic heterocycles. The largest absolute Gasteiger partial charge is 0.497 e. The van der Waals surface area contributed by atoms with Gasteiger partial charge in [-0.15, -0.1) is 0 Å². The molecular formula is C15H17BrN2O. The number of methoxy groups -OCH3 is 1. The molecule has 0 heterocycles. The molecule has 2 N–H and O–H groups in total. The smallest absolute Gasteiger partial charge is 0.119 e. The predicted molar refractivity (Wildman–Crippen MR) is 83.1 cm³/mol. The van der Waals surface area contributed by atoms with Crippen molar-refractivity contribution in [3.05, 3.63) is 52.5 Å². The summed E-state index contributed by atoms with van der Waals surface area (Å²) < 4.78 is 6.21. The zero-order valence-corrected chi connectivity index (χ0v) is 12.6. The molecule has 0 aliphatic carbocycles. The van der Waals surface area contributed by atoms with Crippen molar-refractivity contribution in [2.75, 3.05) is 19.1 Å². The summed E-state index contributed by atoms with van der Waals surface area (Å²) in [5.74, 6) is 0.852. The van der Waals surface area contributed by atoms with Gasteiger partial charge in [0.1, 0.15) is 5.75 Å². The summed E-state index contributed by atoms with van der Waals surface area (Å²) in [4.78, 5) is 2.12. The van der Waals surface area contributed by atoms with Crippen molar-refractivity contribution in [2.24, 2.45) is 5.73 Å². The van der Waals surface area contributed by atoms with Crippen LogP contribution in [0.15, 0.2) is 46.9 Å². The molecule has 0 atom stereocenters. The van der Waals surface area contributed by atoms with Crippen LogP contribution in [0.3, 0.4) is 0 Å². The molecule has 3 nitrogen and oxygen atoms in total. The SMILES string of the molecule is COc1ccc(N(C)c2cc(Br)ccc2CN)cc1. The summed E-state index contributed by atoms with van der Waals surface area (Å²) in [5, 5.41) is 0. The van der Waals surface area contributed by atoms with Crippen molar-refractivity contribution in [2.45, 2.75) is 6.54 Å². The van der Waals surface area contributed by atoms with Crippen molar-refractivity contribution in [1.29, 1.82) is 0 Å². The van der Waals surface area contributed by atoms with Crippen LogP contribution in [0.4, 0.5) is 11.4 Å². The zero-order chi connectivity index (χ0) is 13.8. The van der Waals surface area contributed by atoms with Crippen LogP contribution in [0.1, 0.15) is 5.56 Å². The molecule has 2 aromatic carbocycles. The van der Waals surface area contributed by atoms with E-state index in [4.69, 9.17) is 10.5 Å². The highest BCUT2D eigenvalue weighted by atomic mass is 79.9. The first kappa shape index (κ1) is 13.9. The van der Waals surface area contributed by atoms with Gasteiger partial charge >= 0.3 is 0 Å². The summed E-state index contributed by atoms with van der Waals surface area (Å²) in [6, 6.07) is 14.1. The Labute approximate surface area is 122 Å². The van der Waals surface area contributed by atoms with Crippen LogP contribution in [-0.4, -0.2) is 14.2 Å². The van der Waals surface area contributed by atoms with Gasteiger partial charge in [0.25, 0.3) is 0 Å². The lowest BCUT2D eigenvalue weighted by Gasteiger charge is -2.23. The Bertz CT molecular complexity index is 555. The van der Waals surface area contributed by atoms with Gasteiger partial charge in [0.05, 0.1) is 7.11 Å². The summed E-state index contributed by atoms with van der Waals surface area (Å²) in [7, 11) is 3.70. The molecule has 0 unspecified atom stereocenters. The monoisotopic (exact) mass is 320 g/mol. The molecule has 4 heteroatoms. The number of hydrogen-bond donors (Lipinski definition) is 1. The number of ether oxygens (including phenoxy) is 1. The maximum Gasteiger partial charge on any atom is 0.119 e. The van der Waals surface area contributed by atoms with Crippen LogP contribution in [0.5, 0.6) is 5.75 Å². The highest BCUT2D eigenvalue weighted by Gasteiger charge is 2.09. The van der Waals surface area contributed by atoms with E-state index in [1.165, 1.54) is 0 Å². The molecule has 0 aliphatic rings. The minimum absolute atomic E-state index is 0.517. The number of nitrogens with two attached hydrogens (primary N) is 1. The fourth-order valence-electron chi connectivity index (χ4n) is 1.97. The number of benzene rings is 2. The lowest BCUT2D eigenvalue weighted by atomic mass is 10.1. The first-order chi connectivity index (χ1) is 9.15. The van der Waals surface area contributed by atoms with Crippen molar-refractivity contribution in [3.63, 3.8) is 0 Å². The third-order valence-corrected chi connectivity index (χ3v) is 3.58. The second-order valence-corrected chi connectivity index (χ2v) is 5.15. The number of anilines is 2. The molecule has 0 radical (unpaired) electrons. The predicted octanol–water partition coefficient (Wildman–Crippen LogP) is 3.68. The van der Waals surface area contributed by atoms with Gasteiger partial charge in [0.15, 0.2) is 0 Å². The van der Waals surface area contributed by atoms with Crippen LogP contribution >= 0.6 is 15.9 Å². The number of hydrogen-bond acceptors (Lipinski definition) is 3. The third kappa shape index (κ3) is 3.08. The molecule has 0 aliphatic heterocycles. The number of nitrogens with zero attached hydrogens (tertiary/aromatic N) is 1. The van der Waals surface area contributed by atoms with E-state index >= 15 is 0 Å². The topological polar surface area (TPSA) is 38.5 Å². The van der Waals surface area contributed by atoms with Gasteiger partial charge in [0, 0.05) is 29.4 Å². The molecule has 0 saturated heterocycles. The molecule has 0 amide bonds. The Hall–Kier alpha value is -1.52. The Morgan fingerprint density at radius 3 is 2.42 bits per heavy atom. The summed E-state index contributed by atoms with van der Waals surface area (Å²) >= 11 is 3.50. The van der Waals surface area contributed by atoms with Crippen LogP contribution in [-0.2, 0) is 6.54 Å².